The second-order valence-electron chi connectivity index (χ2n) is 5.17. The lowest BCUT2D eigenvalue weighted by molar-refractivity contribution is -0.140. The lowest BCUT2D eigenvalue weighted by Crippen LogP contribution is -2.41. The number of carboxylic acid groups (broad SMARTS) is 3. The first kappa shape index (κ1) is 19.6. The van der Waals surface area contributed by atoms with Crippen LogP contribution >= 0.6 is 0 Å². The third-order valence-corrected chi connectivity index (χ3v) is 5.00. The Morgan fingerprint density at radius 1 is 1.12 bits per heavy atom. The molecule has 24 heavy (non-hydrogen) atoms. The maximum absolute atomic E-state index is 12.4. The molecule has 0 aliphatic carbocycles. The zero-order valence-electron chi connectivity index (χ0n) is 12.9. The molecule has 0 unspecified atom stereocenters. The minimum atomic E-state index is -4.35. The topological polar surface area (TPSA) is 158 Å². The van der Waals surface area contributed by atoms with Crippen LogP contribution in [-0.4, -0.2) is 47.7 Å². The molecule has 1 rings (SSSR count). The molecule has 0 spiro atoms. The summed E-state index contributed by atoms with van der Waals surface area (Å²) in [5, 5.41) is 26.7. The first-order chi connectivity index (χ1) is 11.0. The van der Waals surface area contributed by atoms with E-state index < -0.39 is 46.8 Å². The van der Waals surface area contributed by atoms with Crippen LogP contribution in [-0.2, 0) is 19.6 Å². The Kier molecular flexibility index (Phi) is 6.04. The summed E-state index contributed by atoms with van der Waals surface area (Å²) in [6, 6.07) is 0.595. The molecule has 0 radical (unpaired) electrons. The van der Waals surface area contributed by atoms with Crippen molar-refractivity contribution in [3.63, 3.8) is 0 Å². The van der Waals surface area contributed by atoms with E-state index in [4.69, 9.17) is 15.3 Å². The highest BCUT2D eigenvalue weighted by atomic mass is 32.2. The second-order valence-corrected chi connectivity index (χ2v) is 6.85. The first-order valence-corrected chi connectivity index (χ1v) is 8.25. The molecule has 0 amide bonds. The van der Waals surface area contributed by atoms with Crippen molar-refractivity contribution in [1.29, 1.82) is 0 Å². The molecule has 0 bridgehead atoms. The molecule has 0 saturated carbocycles. The standard InChI is InChI=1S/C14H17NO8S/c1-7-5-9(13(18)19)6-11(8(7)2)24(22,23)15-10(14(20)21)3-4-12(16)17/h5-6,10,15H,3-4H2,1-2H3,(H,16,17)(H,18,19)(H,20,21)/t10-/m0/s1. The number of hydrogen-bond donors (Lipinski definition) is 4. The fraction of sp³-hybridized carbons (Fsp3) is 0.357. The average Bonchev–Trinajstić information content (AvgIpc) is 2.45. The van der Waals surface area contributed by atoms with Crippen LogP contribution in [0.25, 0.3) is 0 Å². The summed E-state index contributed by atoms with van der Waals surface area (Å²) in [5.41, 5.74) is 0.429. The third kappa shape index (κ3) is 4.77. The van der Waals surface area contributed by atoms with Gasteiger partial charge in [0, 0.05) is 6.42 Å². The number of benzene rings is 1. The van der Waals surface area contributed by atoms with E-state index in [0.717, 1.165) is 6.07 Å². The summed E-state index contributed by atoms with van der Waals surface area (Å²) in [6.45, 7) is 2.99. The van der Waals surface area contributed by atoms with Crippen LogP contribution in [0.5, 0.6) is 0 Å². The molecule has 1 aromatic carbocycles. The zero-order chi connectivity index (χ0) is 18.7. The van der Waals surface area contributed by atoms with Gasteiger partial charge in [-0.2, -0.15) is 4.72 Å². The van der Waals surface area contributed by atoms with E-state index in [1.807, 2.05) is 4.72 Å². The Morgan fingerprint density at radius 2 is 1.71 bits per heavy atom. The lowest BCUT2D eigenvalue weighted by Gasteiger charge is -2.16. The molecule has 1 aromatic rings. The minimum absolute atomic E-state index is 0.254. The quantitative estimate of drug-likeness (QED) is 0.525. The van der Waals surface area contributed by atoms with Gasteiger partial charge in [-0.15, -0.1) is 0 Å². The number of carbonyl (C=O) groups is 3. The minimum Gasteiger partial charge on any atom is -0.481 e. The van der Waals surface area contributed by atoms with Gasteiger partial charge < -0.3 is 15.3 Å². The fourth-order valence-electron chi connectivity index (χ4n) is 1.98. The number of aryl methyl sites for hydroxylation is 1. The molecule has 10 heteroatoms. The summed E-state index contributed by atoms with van der Waals surface area (Å²) in [4.78, 5) is 32.4. The smallest absolute Gasteiger partial charge is 0.335 e. The van der Waals surface area contributed by atoms with Gasteiger partial charge in [0.05, 0.1) is 10.5 Å². The van der Waals surface area contributed by atoms with Crippen LogP contribution in [0.2, 0.25) is 0 Å². The van der Waals surface area contributed by atoms with Gasteiger partial charge in [-0.25, -0.2) is 13.2 Å². The Morgan fingerprint density at radius 3 is 2.17 bits per heavy atom. The van der Waals surface area contributed by atoms with Crippen molar-refractivity contribution in [2.75, 3.05) is 0 Å². The summed E-state index contributed by atoms with van der Waals surface area (Å²) >= 11 is 0. The molecule has 132 valence electrons. The third-order valence-electron chi connectivity index (χ3n) is 3.40. The van der Waals surface area contributed by atoms with E-state index >= 15 is 0 Å². The number of sulfonamides is 1. The normalized spacial score (nSPS) is 12.6. The van der Waals surface area contributed by atoms with Gasteiger partial charge in [0.2, 0.25) is 10.0 Å². The highest BCUT2D eigenvalue weighted by Crippen LogP contribution is 2.22. The van der Waals surface area contributed by atoms with E-state index in [0.29, 0.717) is 5.56 Å². The SMILES string of the molecule is Cc1cc(C(=O)O)cc(S(=O)(=O)N[C@@H](CCC(=O)O)C(=O)O)c1C. The molecule has 0 fully saturated rings. The van der Waals surface area contributed by atoms with Crippen LogP contribution in [0.4, 0.5) is 0 Å². The Labute approximate surface area is 138 Å². The second kappa shape index (κ2) is 7.41. The van der Waals surface area contributed by atoms with E-state index in [2.05, 4.69) is 0 Å². The van der Waals surface area contributed by atoms with Crippen LogP contribution in [0, 0.1) is 13.8 Å². The van der Waals surface area contributed by atoms with Gasteiger partial charge in [0.1, 0.15) is 6.04 Å². The first-order valence-electron chi connectivity index (χ1n) is 6.77. The average molecular weight is 359 g/mol. The van der Waals surface area contributed by atoms with Crippen LogP contribution in [0.3, 0.4) is 0 Å². The predicted octanol–water partition coefficient (Wildman–Crippen LogP) is 0.598. The molecule has 1 atom stereocenters. The summed E-state index contributed by atoms with van der Waals surface area (Å²) in [7, 11) is -4.35. The van der Waals surface area contributed by atoms with E-state index in [-0.39, 0.29) is 16.0 Å². The summed E-state index contributed by atoms with van der Waals surface area (Å²) < 4.78 is 26.8. The highest BCUT2D eigenvalue weighted by molar-refractivity contribution is 7.89. The van der Waals surface area contributed by atoms with Crippen molar-refractivity contribution < 1.29 is 38.1 Å². The number of aromatic carboxylic acids is 1. The number of aliphatic carboxylic acids is 2. The van der Waals surface area contributed by atoms with E-state index in [1.54, 1.807) is 0 Å². The molecule has 0 aliphatic rings. The molecule has 0 aromatic heterocycles. The van der Waals surface area contributed by atoms with Gasteiger partial charge in [-0.1, -0.05) is 0 Å². The number of carboxylic acids is 3. The Hall–Kier alpha value is -2.46. The van der Waals surface area contributed by atoms with Crippen LogP contribution in [0.1, 0.15) is 34.3 Å². The molecular weight excluding hydrogens is 342 g/mol. The number of nitrogens with one attached hydrogen (secondary N) is 1. The van der Waals surface area contributed by atoms with Crippen molar-refractivity contribution in [1.82, 2.24) is 4.72 Å². The van der Waals surface area contributed by atoms with Gasteiger partial charge in [0.25, 0.3) is 0 Å². The van der Waals surface area contributed by atoms with E-state index in [1.165, 1.54) is 19.9 Å². The fourth-order valence-corrected chi connectivity index (χ4v) is 3.55. The van der Waals surface area contributed by atoms with Gasteiger partial charge in [-0.05, 0) is 43.5 Å². The van der Waals surface area contributed by atoms with Crippen molar-refractivity contribution in [2.45, 2.75) is 37.6 Å². The van der Waals surface area contributed by atoms with E-state index in [9.17, 15) is 22.8 Å². The monoisotopic (exact) mass is 359 g/mol. The van der Waals surface area contributed by atoms with Crippen molar-refractivity contribution in [2.24, 2.45) is 0 Å². The van der Waals surface area contributed by atoms with Crippen LogP contribution in [0.15, 0.2) is 17.0 Å². The van der Waals surface area contributed by atoms with Crippen molar-refractivity contribution in [3.8, 4) is 0 Å². The Balaban J connectivity index is 3.25. The highest BCUT2D eigenvalue weighted by Gasteiger charge is 2.28. The zero-order valence-corrected chi connectivity index (χ0v) is 13.8. The Bertz CT molecular complexity index is 784. The molecule has 9 nitrogen and oxygen atoms in total. The molecular formula is C14H17NO8S. The predicted molar refractivity (Wildman–Crippen MR) is 81.5 cm³/mol. The summed E-state index contributed by atoms with van der Waals surface area (Å²) in [6.07, 6.45) is -0.979. The number of hydrogen-bond acceptors (Lipinski definition) is 5. The number of rotatable bonds is 8. The van der Waals surface area contributed by atoms with Gasteiger partial charge >= 0.3 is 17.9 Å². The van der Waals surface area contributed by atoms with Gasteiger partial charge in [-0.3, -0.25) is 9.59 Å². The molecule has 0 heterocycles. The van der Waals surface area contributed by atoms with Crippen molar-refractivity contribution in [3.05, 3.63) is 28.8 Å². The van der Waals surface area contributed by atoms with Gasteiger partial charge in [0.15, 0.2) is 0 Å². The van der Waals surface area contributed by atoms with Crippen LogP contribution < -0.4 is 4.72 Å². The summed E-state index contributed by atoms with van der Waals surface area (Å²) in [5.74, 6) is -4.11. The largest absolute Gasteiger partial charge is 0.481 e. The maximum atomic E-state index is 12.4. The molecule has 0 aliphatic heterocycles. The molecule has 4 N–H and O–H groups in total. The van der Waals surface area contributed by atoms with Crippen molar-refractivity contribution >= 4 is 27.9 Å². The molecule has 0 saturated heterocycles. The maximum Gasteiger partial charge on any atom is 0.335 e. The lowest BCUT2D eigenvalue weighted by atomic mass is 10.1.